The zero-order valence-corrected chi connectivity index (χ0v) is 13.9. The second-order valence-electron chi connectivity index (χ2n) is 4.38. The number of hydrogen-bond acceptors (Lipinski definition) is 5. The minimum atomic E-state index is -3.78. The molecule has 1 aromatic heterocycles. The molecular weight excluding hydrogens is 362 g/mol. The summed E-state index contributed by atoms with van der Waals surface area (Å²) in [5.41, 5.74) is 7.90. The average molecular weight is 376 g/mol. The van der Waals surface area contributed by atoms with Gasteiger partial charge in [0.2, 0.25) is 10.0 Å². The van der Waals surface area contributed by atoms with Crippen LogP contribution in [0.15, 0.2) is 38.3 Å². The van der Waals surface area contributed by atoms with Crippen molar-refractivity contribution in [3.63, 3.8) is 0 Å². The molecular formula is C12H14BrN3O2S2. The molecule has 0 fully saturated rings. The van der Waals surface area contributed by atoms with Crippen LogP contribution in [0.5, 0.6) is 0 Å². The lowest BCUT2D eigenvalue weighted by atomic mass is 10.2. The van der Waals surface area contributed by atoms with Crippen LogP contribution in [0.3, 0.4) is 0 Å². The molecule has 2 rings (SSSR count). The van der Waals surface area contributed by atoms with Gasteiger partial charge in [0.1, 0.15) is 4.90 Å². The molecule has 20 heavy (non-hydrogen) atoms. The topological polar surface area (TPSA) is 89.4 Å². The van der Waals surface area contributed by atoms with Crippen molar-refractivity contribution in [1.82, 2.24) is 0 Å². The van der Waals surface area contributed by atoms with Gasteiger partial charge in [-0.25, -0.2) is 13.6 Å². The quantitative estimate of drug-likeness (QED) is 0.802. The summed E-state index contributed by atoms with van der Waals surface area (Å²) in [6, 6.07) is 6.78. The minimum Gasteiger partial charge on any atom is -0.398 e. The lowest BCUT2D eigenvalue weighted by Gasteiger charge is -2.19. The highest BCUT2D eigenvalue weighted by Crippen LogP contribution is 2.26. The first-order chi connectivity index (χ1) is 9.27. The lowest BCUT2D eigenvalue weighted by Crippen LogP contribution is -2.18. The smallest absolute Gasteiger partial charge is 0.240 e. The fourth-order valence-electron chi connectivity index (χ4n) is 1.83. The summed E-state index contributed by atoms with van der Waals surface area (Å²) in [5.74, 6) is 0. The fourth-order valence-corrected chi connectivity index (χ4v) is 3.67. The molecule has 0 aliphatic rings. The summed E-state index contributed by atoms with van der Waals surface area (Å²) in [7, 11) is -1.87. The van der Waals surface area contributed by atoms with E-state index in [1.54, 1.807) is 23.5 Å². The van der Waals surface area contributed by atoms with Gasteiger partial charge in [0.15, 0.2) is 0 Å². The van der Waals surface area contributed by atoms with Gasteiger partial charge in [0, 0.05) is 19.3 Å². The number of thiophene rings is 1. The molecule has 8 heteroatoms. The van der Waals surface area contributed by atoms with Crippen molar-refractivity contribution < 1.29 is 8.42 Å². The molecule has 1 heterocycles. The van der Waals surface area contributed by atoms with E-state index in [0.717, 1.165) is 9.47 Å². The molecule has 0 spiro atoms. The van der Waals surface area contributed by atoms with Crippen LogP contribution in [0.25, 0.3) is 0 Å². The number of benzene rings is 1. The van der Waals surface area contributed by atoms with E-state index >= 15 is 0 Å². The number of rotatable bonds is 4. The predicted molar refractivity (Wildman–Crippen MR) is 86.4 cm³/mol. The Kier molecular flexibility index (Phi) is 4.38. The summed E-state index contributed by atoms with van der Waals surface area (Å²) in [6.45, 7) is 0.705. The number of halogens is 1. The number of nitrogens with zero attached hydrogens (tertiary/aromatic N) is 1. The van der Waals surface area contributed by atoms with Crippen LogP contribution in [-0.2, 0) is 16.6 Å². The number of hydrogen-bond donors (Lipinski definition) is 2. The van der Waals surface area contributed by atoms with E-state index < -0.39 is 10.0 Å². The maximum atomic E-state index is 11.3. The number of anilines is 2. The summed E-state index contributed by atoms with van der Waals surface area (Å²) in [4.78, 5) is 1.94. The third kappa shape index (κ3) is 3.51. The molecule has 0 amide bonds. The van der Waals surface area contributed by atoms with Crippen LogP contribution in [0.4, 0.5) is 11.4 Å². The molecule has 0 saturated heterocycles. The summed E-state index contributed by atoms with van der Waals surface area (Å²) in [6.07, 6.45) is 0. The van der Waals surface area contributed by atoms with Crippen molar-refractivity contribution in [2.75, 3.05) is 17.7 Å². The van der Waals surface area contributed by atoms with Crippen molar-refractivity contribution >= 4 is 48.7 Å². The van der Waals surface area contributed by atoms with Crippen LogP contribution in [0, 0.1) is 0 Å². The van der Waals surface area contributed by atoms with E-state index in [1.807, 2.05) is 18.0 Å². The molecule has 2 aromatic rings. The summed E-state index contributed by atoms with van der Waals surface area (Å²) >= 11 is 5.04. The SMILES string of the molecule is CN(Cc1csc(Br)c1)c1ccc(S(N)(=O)=O)c(N)c1. The molecule has 1 aromatic carbocycles. The lowest BCUT2D eigenvalue weighted by molar-refractivity contribution is 0.598. The van der Waals surface area contributed by atoms with Crippen LogP contribution in [0.2, 0.25) is 0 Å². The molecule has 5 nitrogen and oxygen atoms in total. The Hall–Kier alpha value is -1.09. The van der Waals surface area contributed by atoms with Gasteiger partial charge in [-0.3, -0.25) is 0 Å². The van der Waals surface area contributed by atoms with Crippen LogP contribution in [-0.4, -0.2) is 15.5 Å². The molecule has 0 atom stereocenters. The molecule has 0 bridgehead atoms. The fraction of sp³-hybridized carbons (Fsp3) is 0.167. The van der Waals surface area contributed by atoms with Crippen molar-refractivity contribution in [3.05, 3.63) is 39.0 Å². The Morgan fingerprint density at radius 3 is 2.55 bits per heavy atom. The van der Waals surface area contributed by atoms with E-state index in [4.69, 9.17) is 10.9 Å². The average Bonchev–Trinajstić information content (AvgIpc) is 2.73. The molecule has 108 valence electrons. The maximum Gasteiger partial charge on any atom is 0.240 e. The van der Waals surface area contributed by atoms with Crippen LogP contribution < -0.4 is 15.8 Å². The zero-order valence-electron chi connectivity index (χ0n) is 10.7. The van der Waals surface area contributed by atoms with E-state index in [2.05, 4.69) is 21.3 Å². The van der Waals surface area contributed by atoms with E-state index in [-0.39, 0.29) is 10.6 Å². The van der Waals surface area contributed by atoms with Gasteiger partial charge in [0.25, 0.3) is 0 Å². The van der Waals surface area contributed by atoms with E-state index in [1.165, 1.54) is 11.6 Å². The predicted octanol–water partition coefficient (Wildman–Crippen LogP) is 2.38. The Morgan fingerprint density at radius 2 is 2.05 bits per heavy atom. The standard InChI is InChI=1S/C12H14BrN3O2S2/c1-16(6-8-4-12(13)19-7-8)9-2-3-11(10(14)5-9)20(15,17)18/h2-5,7H,6,14H2,1H3,(H2,15,17,18). The molecule has 4 N–H and O–H groups in total. The van der Waals surface area contributed by atoms with Gasteiger partial charge in [0.05, 0.1) is 9.47 Å². The third-order valence-electron chi connectivity index (χ3n) is 2.78. The van der Waals surface area contributed by atoms with Crippen LogP contribution in [0.1, 0.15) is 5.56 Å². The van der Waals surface area contributed by atoms with Gasteiger partial charge >= 0.3 is 0 Å². The first-order valence-corrected chi connectivity index (χ1v) is 8.85. The highest BCUT2D eigenvalue weighted by molar-refractivity contribution is 9.11. The number of nitrogen functional groups attached to an aromatic ring is 1. The van der Waals surface area contributed by atoms with Crippen molar-refractivity contribution in [3.8, 4) is 0 Å². The Balaban J connectivity index is 2.23. The van der Waals surface area contributed by atoms with Gasteiger partial charge in [-0.2, -0.15) is 0 Å². The third-order valence-corrected chi connectivity index (χ3v) is 5.32. The highest BCUT2D eigenvalue weighted by Gasteiger charge is 2.13. The van der Waals surface area contributed by atoms with E-state index in [0.29, 0.717) is 6.54 Å². The molecule has 0 aliphatic heterocycles. The molecule has 0 radical (unpaired) electrons. The monoisotopic (exact) mass is 375 g/mol. The molecule has 0 saturated carbocycles. The zero-order chi connectivity index (χ0) is 14.9. The van der Waals surface area contributed by atoms with E-state index in [9.17, 15) is 8.42 Å². The summed E-state index contributed by atoms with van der Waals surface area (Å²) < 4.78 is 23.7. The first kappa shape index (κ1) is 15.3. The largest absolute Gasteiger partial charge is 0.398 e. The Morgan fingerprint density at radius 1 is 1.35 bits per heavy atom. The number of nitrogens with two attached hydrogens (primary N) is 2. The van der Waals surface area contributed by atoms with Gasteiger partial charge in [-0.05, 0) is 51.1 Å². The van der Waals surface area contributed by atoms with Gasteiger partial charge in [-0.15, -0.1) is 11.3 Å². The van der Waals surface area contributed by atoms with Crippen molar-refractivity contribution in [1.29, 1.82) is 0 Å². The van der Waals surface area contributed by atoms with Gasteiger partial charge in [-0.1, -0.05) is 0 Å². The van der Waals surface area contributed by atoms with Gasteiger partial charge < -0.3 is 10.6 Å². The van der Waals surface area contributed by atoms with Crippen molar-refractivity contribution in [2.45, 2.75) is 11.4 Å². The highest BCUT2D eigenvalue weighted by atomic mass is 79.9. The Bertz CT molecular complexity index is 728. The van der Waals surface area contributed by atoms with Crippen LogP contribution >= 0.6 is 27.3 Å². The molecule has 0 aliphatic carbocycles. The second kappa shape index (κ2) is 5.72. The summed E-state index contributed by atoms with van der Waals surface area (Å²) in [5, 5.41) is 7.14. The second-order valence-corrected chi connectivity index (χ2v) is 8.20. The maximum absolute atomic E-state index is 11.3. The first-order valence-electron chi connectivity index (χ1n) is 5.64. The number of primary sulfonamides is 1. The number of sulfonamides is 1. The van der Waals surface area contributed by atoms with Crippen molar-refractivity contribution in [2.24, 2.45) is 5.14 Å². The normalized spacial score (nSPS) is 11.6. The Labute approximate surface area is 130 Å². The minimum absolute atomic E-state index is 0.0482. The molecule has 0 unspecified atom stereocenters.